The van der Waals surface area contributed by atoms with Crippen molar-refractivity contribution < 1.29 is 19.1 Å². The van der Waals surface area contributed by atoms with E-state index in [4.69, 9.17) is 9.47 Å². The van der Waals surface area contributed by atoms with Gasteiger partial charge in [0.25, 0.3) is 0 Å². The predicted molar refractivity (Wildman–Crippen MR) is 90.8 cm³/mol. The highest BCUT2D eigenvalue weighted by Gasteiger charge is 2.09. The Morgan fingerprint density at radius 2 is 2.09 bits per heavy atom. The standard InChI is InChI=1S/C18H18O4S/c1-3-21-17-8-6-14(13(2)19)11-15(17)12-22-18(20)9-7-16-5-4-10-23-16/h4-11H,3,12H2,1-2H3. The first-order valence-electron chi connectivity index (χ1n) is 7.25. The number of carbonyl (C=O) groups is 2. The second kappa shape index (κ2) is 8.29. The van der Waals surface area contributed by atoms with Crippen LogP contribution in [0.3, 0.4) is 0 Å². The van der Waals surface area contributed by atoms with Crippen molar-refractivity contribution >= 4 is 29.2 Å². The van der Waals surface area contributed by atoms with E-state index in [9.17, 15) is 9.59 Å². The van der Waals surface area contributed by atoms with Gasteiger partial charge in [-0.15, -0.1) is 11.3 Å². The van der Waals surface area contributed by atoms with Crippen LogP contribution in [0.4, 0.5) is 0 Å². The zero-order valence-corrected chi connectivity index (χ0v) is 13.9. The summed E-state index contributed by atoms with van der Waals surface area (Å²) in [5, 5.41) is 1.94. The molecule has 0 N–H and O–H groups in total. The Morgan fingerprint density at radius 1 is 1.26 bits per heavy atom. The summed E-state index contributed by atoms with van der Waals surface area (Å²) < 4.78 is 10.7. The summed E-state index contributed by atoms with van der Waals surface area (Å²) >= 11 is 1.54. The highest BCUT2D eigenvalue weighted by Crippen LogP contribution is 2.22. The number of ketones is 1. The van der Waals surface area contributed by atoms with Gasteiger partial charge in [0.2, 0.25) is 0 Å². The first-order chi connectivity index (χ1) is 11.1. The molecule has 0 aliphatic carbocycles. The van der Waals surface area contributed by atoms with Gasteiger partial charge in [0.15, 0.2) is 5.78 Å². The van der Waals surface area contributed by atoms with Crippen LogP contribution in [-0.2, 0) is 16.1 Å². The van der Waals surface area contributed by atoms with Gasteiger partial charge in [-0.2, -0.15) is 0 Å². The van der Waals surface area contributed by atoms with Gasteiger partial charge < -0.3 is 9.47 Å². The lowest BCUT2D eigenvalue weighted by Crippen LogP contribution is -2.05. The highest BCUT2D eigenvalue weighted by atomic mass is 32.1. The first-order valence-corrected chi connectivity index (χ1v) is 8.13. The molecule has 1 heterocycles. The van der Waals surface area contributed by atoms with E-state index in [2.05, 4.69) is 0 Å². The quantitative estimate of drug-likeness (QED) is 0.435. The molecule has 0 fully saturated rings. The Morgan fingerprint density at radius 3 is 2.74 bits per heavy atom. The predicted octanol–water partition coefficient (Wildman–Crippen LogP) is 4.11. The van der Waals surface area contributed by atoms with E-state index in [0.717, 1.165) is 4.88 Å². The summed E-state index contributed by atoms with van der Waals surface area (Å²) in [4.78, 5) is 24.2. The Labute approximate surface area is 139 Å². The average Bonchev–Trinajstić information content (AvgIpc) is 3.05. The van der Waals surface area contributed by atoms with E-state index < -0.39 is 5.97 Å². The van der Waals surface area contributed by atoms with Crippen molar-refractivity contribution in [1.29, 1.82) is 0 Å². The number of hydrogen-bond donors (Lipinski definition) is 0. The van der Waals surface area contributed by atoms with Crippen molar-refractivity contribution in [3.63, 3.8) is 0 Å². The fourth-order valence-corrected chi connectivity index (χ4v) is 2.56. The maximum atomic E-state index is 11.8. The molecule has 0 unspecified atom stereocenters. The van der Waals surface area contributed by atoms with Gasteiger partial charge in [0.05, 0.1) is 6.61 Å². The van der Waals surface area contributed by atoms with Crippen LogP contribution >= 0.6 is 11.3 Å². The normalized spacial score (nSPS) is 10.7. The zero-order valence-electron chi connectivity index (χ0n) is 13.1. The minimum Gasteiger partial charge on any atom is -0.493 e. The smallest absolute Gasteiger partial charge is 0.331 e. The Bertz CT molecular complexity index is 702. The third-order valence-corrected chi connectivity index (χ3v) is 3.90. The number of carbonyl (C=O) groups excluding carboxylic acids is 2. The van der Waals surface area contributed by atoms with Gasteiger partial charge in [-0.25, -0.2) is 4.79 Å². The molecule has 0 aliphatic rings. The van der Waals surface area contributed by atoms with E-state index in [1.54, 1.807) is 35.6 Å². The van der Waals surface area contributed by atoms with Crippen molar-refractivity contribution in [3.8, 4) is 5.75 Å². The molecule has 4 nitrogen and oxygen atoms in total. The van der Waals surface area contributed by atoms with Crippen LogP contribution in [-0.4, -0.2) is 18.4 Å². The summed E-state index contributed by atoms with van der Waals surface area (Å²) in [7, 11) is 0. The highest BCUT2D eigenvalue weighted by molar-refractivity contribution is 7.10. The second-order valence-corrected chi connectivity index (χ2v) is 5.75. The number of thiophene rings is 1. The van der Waals surface area contributed by atoms with E-state index in [-0.39, 0.29) is 12.4 Å². The molecule has 1 aromatic heterocycles. The molecule has 23 heavy (non-hydrogen) atoms. The molecular weight excluding hydrogens is 312 g/mol. The molecule has 0 atom stereocenters. The maximum absolute atomic E-state index is 11.8. The number of benzene rings is 1. The van der Waals surface area contributed by atoms with Crippen LogP contribution in [0.15, 0.2) is 41.8 Å². The molecule has 0 spiro atoms. The summed E-state index contributed by atoms with van der Waals surface area (Å²) in [5.74, 6) is 0.139. The summed E-state index contributed by atoms with van der Waals surface area (Å²) in [6, 6.07) is 8.96. The van der Waals surface area contributed by atoms with Gasteiger partial charge >= 0.3 is 5.97 Å². The number of rotatable bonds is 7. The van der Waals surface area contributed by atoms with Crippen molar-refractivity contribution in [1.82, 2.24) is 0 Å². The summed E-state index contributed by atoms with van der Waals surface area (Å²) in [6.45, 7) is 3.93. The molecule has 5 heteroatoms. The van der Waals surface area contributed by atoms with Crippen molar-refractivity contribution in [3.05, 3.63) is 57.8 Å². The largest absolute Gasteiger partial charge is 0.493 e. The third kappa shape index (κ3) is 5.07. The molecule has 0 aliphatic heterocycles. The van der Waals surface area contributed by atoms with Crippen LogP contribution in [0, 0.1) is 0 Å². The van der Waals surface area contributed by atoms with E-state index >= 15 is 0 Å². The minimum atomic E-state index is -0.436. The Balaban J connectivity index is 2.04. The maximum Gasteiger partial charge on any atom is 0.331 e. The van der Waals surface area contributed by atoms with Gasteiger partial charge in [-0.1, -0.05) is 6.07 Å². The lowest BCUT2D eigenvalue weighted by Gasteiger charge is -2.11. The lowest BCUT2D eigenvalue weighted by molar-refractivity contribution is -0.138. The van der Waals surface area contributed by atoms with Crippen LogP contribution in [0.1, 0.15) is 34.6 Å². The number of hydrogen-bond acceptors (Lipinski definition) is 5. The molecule has 0 saturated heterocycles. The number of Topliss-reactive ketones (excluding diaryl/α,β-unsaturated/α-hetero) is 1. The van der Waals surface area contributed by atoms with Gasteiger partial charge in [0, 0.05) is 22.1 Å². The van der Waals surface area contributed by atoms with Crippen molar-refractivity contribution in [2.75, 3.05) is 6.61 Å². The van der Waals surface area contributed by atoms with E-state index in [1.165, 1.54) is 13.0 Å². The molecule has 120 valence electrons. The topological polar surface area (TPSA) is 52.6 Å². The van der Waals surface area contributed by atoms with Gasteiger partial charge in [-0.3, -0.25) is 4.79 Å². The van der Waals surface area contributed by atoms with Gasteiger partial charge in [-0.05, 0) is 49.6 Å². The fourth-order valence-electron chi connectivity index (χ4n) is 1.94. The van der Waals surface area contributed by atoms with E-state index in [1.807, 2.05) is 24.4 Å². The molecule has 2 rings (SSSR count). The Hall–Kier alpha value is -2.40. The van der Waals surface area contributed by atoms with Crippen LogP contribution < -0.4 is 4.74 Å². The lowest BCUT2D eigenvalue weighted by atomic mass is 10.1. The molecule has 0 radical (unpaired) electrons. The van der Waals surface area contributed by atoms with Crippen molar-refractivity contribution in [2.45, 2.75) is 20.5 Å². The number of ether oxygens (including phenoxy) is 2. The van der Waals surface area contributed by atoms with Crippen LogP contribution in [0.2, 0.25) is 0 Å². The van der Waals surface area contributed by atoms with Gasteiger partial charge in [0.1, 0.15) is 12.4 Å². The molecule has 0 bridgehead atoms. The third-order valence-electron chi connectivity index (χ3n) is 3.06. The summed E-state index contributed by atoms with van der Waals surface area (Å²) in [5.41, 5.74) is 1.24. The average molecular weight is 330 g/mol. The molecule has 0 amide bonds. The Kier molecular flexibility index (Phi) is 6.11. The van der Waals surface area contributed by atoms with Crippen molar-refractivity contribution in [2.24, 2.45) is 0 Å². The SMILES string of the molecule is CCOc1ccc(C(C)=O)cc1COC(=O)C=Cc1cccs1. The second-order valence-electron chi connectivity index (χ2n) is 4.77. The first kappa shape index (κ1) is 17.0. The molecule has 2 aromatic rings. The molecular formula is C18H18O4S. The van der Waals surface area contributed by atoms with Crippen LogP contribution in [0.5, 0.6) is 5.75 Å². The molecule has 0 saturated carbocycles. The minimum absolute atomic E-state index is 0.0433. The number of esters is 1. The monoisotopic (exact) mass is 330 g/mol. The fraction of sp³-hybridized carbons (Fsp3) is 0.222. The van der Waals surface area contributed by atoms with E-state index in [0.29, 0.717) is 23.5 Å². The van der Waals surface area contributed by atoms with Crippen LogP contribution in [0.25, 0.3) is 6.08 Å². The zero-order chi connectivity index (χ0) is 16.7. The summed E-state index contributed by atoms with van der Waals surface area (Å²) in [6.07, 6.45) is 3.10. The molecule has 1 aromatic carbocycles.